The molecule has 0 atom stereocenters. The molecular weight excluding hydrogens is 252 g/mol. The quantitative estimate of drug-likeness (QED) is 0.591. The second-order valence-corrected chi connectivity index (χ2v) is 4.82. The van der Waals surface area contributed by atoms with Gasteiger partial charge in [0, 0.05) is 12.2 Å². The zero-order valence-electron chi connectivity index (χ0n) is 12.1. The van der Waals surface area contributed by atoms with Crippen LogP contribution < -0.4 is 9.80 Å². The Labute approximate surface area is 120 Å². The summed E-state index contributed by atoms with van der Waals surface area (Å²) in [7, 11) is 1.65. The fourth-order valence-corrected chi connectivity index (χ4v) is 2.11. The van der Waals surface area contributed by atoms with E-state index in [1.165, 1.54) is 5.06 Å². The van der Waals surface area contributed by atoms with Crippen LogP contribution in [0.1, 0.15) is 26.2 Å². The van der Waals surface area contributed by atoms with E-state index in [4.69, 9.17) is 4.74 Å². The molecule has 2 rings (SSSR count). The third-order valence-corrected chi connectivity index (χ3v) is 3.32. The first kappa shape index (κ1) is 14.5. The van der Waals surface area contributed by atoms with Gasteiger partial charge in [0.2, 0.25) is 0 Å². The van der Waals surface area contributed by atoms with E-state index in [0.29, 0.717) is 6.54 Å². The Morgan fingerprint density at radius 2 is 1.85 bits per heavy atom. The minimum Gasteiger partial charge on any atom is -0.497 e. The van der Waals surface area contributed by atoms with Crippen molar-refractivity contribution in [2.24, 2.45) is 0 Å². The highest BCUT2D eigenvalue weighted by Gasteiger charge is 2.07. The predicted molar refractivity (Wildman–Crippen MR) is 81.4 cm³/mol. The van der Waals surface area contributed by atoms with Crippen LogP contribution >= 0.6 is 0 Å². The van der Waals surface area contributed by atoms with Gasteiger partial charge in [-0.15, -0.1) is 0 Å². The maximum atomic E-state index is 9.97. The number of unbranched alkanes of at least 4 members (excludes halogenated alkanes) is 2. The Hall–Kier alpha value is -1.94. The lowest BCUT2D eigenvalue weighted by Gasteiger charge is -2.14. The van der Waals surface area contributed by atoms with Crippen molar-refractivity contribution in [3.8, 4) is 17.0 Å². The molecule has 108 valence electrons. The lowest BCUT2D eigenvalue weighted by molar-refractivity contribution is 0.248. The van der Waals surface area contributed by atoms with E-state index in [1.54, 1.807) is 7.11 Å². The van der Waals surface area contributed by atoms with E-state index in [2.05, 4.69) is 11.9 Å². The largest absolute Gasteiger partial charge is 0.497 e. The molecular formula is C16H22N2O2. The minimum absolute atomic E-state index is 0.649. The Kier molecular flexibility index (Phi) is 5.07. The maximum absolute atomic E-state index is 9.97. The van der Waals surface area contributed by atoms with Crippen LogP contribution in [0.15, 0.2) is 36.4 Å². The molecule has 2 aromatic rings. The summed E-state index contributed by atoms with van der Waals surface area (Å²) in [6.45, 7) is 2.80. The summed E-state index contributed by atoms with van der Waals surface area (Å²) < 4.78 is 5.14. The molecule has 2 N–H and O–H groups in total. The minimum atomic E-state index is 0.649. The van der Waals surface area contributed by atoms with E-state index in [9.17, 15) is 5.21 Å². The number of hydroxylamine groups is 1. The smallest absolute Gasteiger partial charge is 0.130 e. The van der Waals surface area contributed by atoms with Crippen LogP contribution in [0.2, 0.25) is 0 Å². The van der Waals surface area contributed by atoms with Crippen molar-refractivity contribution in [1.29, 1.82) is 0 Å². The number of anilines is 1. The molecule has 0 unspecified atom stereocenters. The summed E-state index contributed by atoms with van der Waals surface area (Å²) in [6.07, 6.45) is 3.27. The standard InChI is InChI=1S/C16H22N2O2/c1-3-4-5-12-18(19)16-11-10-15(17-16)13-6-8-14(20-2)9-7-13/h6-11,17,19H,3-5,12H2,1-2H3. The van der Waals surface area contributed by atoms with Crippen LogP contribution in [0.3, 0.4) is 0 Å². The number of aromatic amines is 1. The number of methoxy groups -OCH3 is 1. The van der Waals surface area contributed by atoms with Gasteiger partial charge in [-0.25, -0.2) is 5.06 Å². The average molecular weight is 274 g/mol. The number of H-pyrrole nitrogens is 1. The highest BCUT2D eigenvalue weighted by Crippen LogP contribution is 2.24. The number of hydrogen-bond acceptors (Lipinski definition) is 3. The SMILES string of the molecule is CCCCCN(O)c1ccc(-c2ccc(OC)cc2)[nH]1. The Morgan fingerprint density at radius 3 is 2.50 bits per heavy atom. The van der Waals surface area contributed by atoms with E-state index < -0.39 is 0 Å². The number of hydrogen-bond donors (Lipinski definition) is 2. The van der Waals surface area contributed by atoms with E-state index in [-0.39, 0.29) is 0 Å². The van der Waals surface area contributed by atoms with Crippen molar-refractivity contribution in [3.63, 3.8) is 0 Å². The van der Waals surface area contributed by atoms with Crippen molar-refractivity contribution >= 4 is 5.82 Å². The number of benzene rings is 1. The Balaban J connectivity index is 2.03. The number of aromatic nitrogens is 1. The fraction of sp³-hybridized carbons (Fsp3) is 0.375. The van der Waals surface area contributed by atoms with Crippen LogP contribution in [-0.2, 0) is 0 Å². The molecule has 1 heterocycles. The van der Waals surface area contributed by atoms with Crippen LogP contribution in [-0.4, -0.2) is 23.8 Å². The monoisotopic (exact) mass is 274 g/mol. The van der Waals surface area contributed by atoms with Crippen LogP contribution in [0.5, 0.6) is 5.75 Å². The summed E-state index contributed by atoms with van der Waals surface area (Å²) in [4.78, 5) is 3.23. The molecule has 0 aliphatic heterocycles. The van der Waals surface area contributed by atoms with Crippen molar-refractivity contribution in [2.45, 2.75) is 26.2 Å². The summed E-state index contributed by atoms with van der Waals surface area (Å²) in [6, 6.07) is 11.7. The normalized spacial score (nSPS) is 10.6. The summed E-state index contributed by atoms with van der Waals surface area (Å²) in [5.74, 6) is 1.57. The molecule has 0 saturated heterocycles. The molecule has 1 aromatic carbocycles. The predicted octanol–water partition coefficient (Wildman–Crippen LogP) is 4.08. The van der Waals surface area contributed by atoms with Gasteiger partial charge in [-0.05, 0) is 48.4 Å². The molecule has 0 saturated carbocycles. The molecule has 0 spiro atoms. The maximum Gasteiger partial charge on any atom is 0.130 e. The molecule has 0 aliphatic carbocycles. The Morgan fingerprint density at radius 1 is 1.10 bits per heavy atom. The highest BCUT2D eigenvalue weighted by molar-refractivity contribution is 5.63. The average Bonchev–Trinajstić information content (AvgIpc) is 2.97. The molecule has 4 nitrogen and oxygen atoms in total. The first-order valence-corrected chi connectivity index (χ1v) is 7.04. The van der Waals surface area contributed by atoms with E-state index in [1.807, 2.05) is 36.4 Å². The highest BCUT2D eigenvalue weighted by atomic mass is 16.5. The second-order valence-electron chi connectivity index (χ2n) is 4.82. The van der Waals surface area contributed by atoms with Crippen molar-refractivity contribution in [3.05, 3.63) is 36.4 Å². The number of nitrogens with one attached hydrogen (secondary N) is 1. The van der Waals surface area contributed by atoms with Gasteiger partial charge in [-0.3, -0.25) is 5.21 Å². The molecule has 4 heteroatoms. The van der Waals surface area contributed by atoms with Gasteiger partial charge in [0.25, 0.3) is 0 Å². The van der Waals surface area contributed by atoms with Crippen LogP contribution in [0, 0.1) is 0 Å². The van der Waals surface area contributed by atoms with Crippen molar-refractivity contribution in [2.75, 3.05) is 18.7 Å². The van der Waals surface area contributed by atoms with Crippen molar-refractivity contribution < 1.29 is 9.94 Å². The summed E-state index contributed by atoms with van der Waals surface area (Å²) in [5.41, 5.74) is 2.05. The fourth-order valence-electron chi connectivity index (χ4n) is 2.11. The lowest BCUT2D eigenvalue weighted by Crippen LogP contribution is -2.19. The van der Waals surface area contributed by atoms with Gasteiger partial charge in [-0.1, -0.05) is 19.8 Å². The molecule has 20 heavy (non-hydrogen) atoms. The van der Waals surface area contributed by atoms with Gasteiger partial charge in [0.15, 0.2) is 0 Å². The molecule has 0 bridgehead atoms. The summed E-state index contributed by atoms with van der Waals surface area (Å²) in [5, 5.41) is 11.3. The van der Waals surface area contributed by atoms with Gasteiger partial charge in [0.1, 0.15) is 11.6 Å². The molecule has 1 aromatic heterocycles. The number of rotatable bonds is 7. The third kappa shape index (κ3) is 3.54. The number of nitrogens with zero attached hydrogens (tertiary/aromatic N) is 1. The van der Waals surface area contributed by atoms with Crippen LogP contribution in [0.25, 0.3) is 11.3 Å². The van der Waals surface area contributed by atoms with Gasteiger partial charge < -0.3 is 9.72 Å². The third-order valence-electron chi connectivity index (χ3n) is 3.32. The van der Waals surface area contributed by atoms with Gasteiger partial charge in [0.05, 0.1) is 7.11 Å². The molecule has 0 amide bonds. The van der Waals surface area contributed by atoms with Gasteiger partial charge >= 0.3 is 0 Å². The van der Waals surface area contributed by atoms with Crippen LogP contribution in [0.4, 0.5) is 5.82 Å². The lowest BCUT2D eigenvalue weighted by atomic mass is 10.1. The molecule has 0 aliphatic rings. The first-order valence-electron chi connectivity index (χ1n) is 7.04. The van der Waals surface area contributed by atoms with Crippen molar-refractivity contribution in [1.82, 2.24) is 4.98 Å². The second kappa shape index (κ2) is 7.01. The summed E-state index contributed by atoms with van der Waals surface area (Å²) >= 11 is 0. The number of ether oxygens (including phenoxy) is 1. The van der Waals surface area contributed by atoms with E-state index in [0.717, 1.165) is 42.1 Å². The topological polar surface area (TPSA) is 48.5 Å². The Bertz CT molecular complexity index is 520. The molecule has 0 radical (unpaired) electrons. The molecule has 0 fully saturated rings. The first-order chi connectivity index (χ1) is 9.74. The van der Waals surface area contributed by atoms with Gasteiger partial charge in [-0.2, -0.15) is 0 Å². The zero-order valence-corrected chi connectivity index (χ0v) is 12.1. The van der Waals surface area contributed by atoms with E-state index >= 15 is 0 Å². The zero-order chi connectivity index (χ0) is 14.4.